The average molecular weight is 429 g/mol. The van der Waals surface area contributed by atoms with Crippen molar-refractivity contribution < 1.29 is 22.7 Å². The third-order valence-corrected chi connectivity index (χ3v) is 6.01. The molecule has 0 bridgehead atoms. The lowest BCUT2D eigenvalue weighted by molar-refractivity contribution is -0.147. The van der Waals surface area contributed by atoms with E-state index < -0.39 is 28.5 Å². The van der Waals surface area contributed by atoms with Gasteiger partial charge in [-0.25, -0.2) is 8.42 Å². The summed E-state index contributed by atoms with van der Waals surface area (Å²) in [5.41, 5.74) is 3.14. The first-order valence-electron chi connectivity index (χ1n) is 9.52. The first-order chi connectivity index (χ1) is 14.3. The van der Waals surface area contributed by atoms with E-state index in [-0.39, 0.29) is 23.7 Å². The largest absolute Gasteiger partial charge is 0.456 e. The number of aryl methyl sites for hydroxylation is 2. The molecule has 0 saturated carbocycles. The number of carbonyl (C=O) groups is 2. The number of carbonyl (C=O) groups excluding carboxylic acids is 2. The number of benzene rings is 2. The number of esters is 1. The number of hydrogen-bond acceptors (Lipinski definition) is 6. The van der Waals surface area contributed by atoms with Gasteiger partial charge in [0.2, 0.25) is 0 Å². The molecule has 2 aromatic carbocycles. The molecule has 0 atom stereocenters. The van der Waals surface area contributed by atoms with Crippen molar-refractivity contribution in [1.82, 2.24) is 4.72 Å². The van der Waals surface area contributed by atoms with Gasteiger partial charge in [-0.15, -0.1) is 0 Å². The minimum atomic E-state index is -3.62. The van der Waals surface area contributed by atoms with Gasteiger partial charge < -0.3 is 10.1 Å². The number of nitrogens with one attached hydrogen (secondary N) is 2. The van der Waals surface area contributed by atoms with Crippen LogP contribution in [0, 0.1) is 6.92 Å². The average Bonchev–Trinajstić information content (AvgIpc) is 2.98. The summed E-state index contributed by atoms with van der Waals surface area (Å²) >= 11 is 0. The minimum absolute atomic E-state index is 0.0322. The van der Waals surface area contributed by atoms with Gasteiger partial charge in [-0.2, -0.15) is 0 Å². The van der Waals surface area contributed by atoms with Crippen molar-refractivity contribution in [3.8, 4) is 0 Å². The molecular weight excluding hydrogens is 406 g/mol. The first kappa shape index (κ1) is 21.5. The summed E-state index contributed by atoms with van der Waals surface area (Å²) in [6.45, 7) is 3.52. The second-order valence-corrected chi connectivity index (χ2v) is 8.40. The third kappa shape index (κ3) is 4.85. The summed E-state index contributed by atoms with van der Waals surface area (Å²) in [6, 6.07) is 12.2. The van der Waals surface area contributed by atoms with Gasteiger partial charge in [-0.1, -0.05) is 37.3 Å². The van der Waals surface area contributed by atoms with Crippen LogP contribution in [0.5, 0.6) is 0 Å². The zero-order valence-corrected chi connectivity index (χ0v) is 17.6. The molecule has 2 N–H and O–H groups in total. The maximum atomic E-state index is 12.1. The fourth-order valence-electron chi connectivity index (χ4n) is 3.11. The van der Waals surface area contributed by atoms with Crippen molar-refractivity contribution in [3.63, 3.8) is 0 Å². The molecule has 158 valence electrons. The quantitative estimate of drug-likeness (QED) is 0.655. The van der Waals surface area contributed by atoms with Gasteiger partial charge >= 0.3 is 5.97 Å². The molecule has 2 aromatic rings. The Morgan fingerprint density at radius 3 is 2.67 bits per heavy atom. The van der Waals surface area contributed by atoms with Crippen LogP contribution in [0.15, 0.2) is 52.4 Å². The molecule has 0 radical (unpaired) electrons. The van der Waals surface area contributed by atoms with Crippen LogP contribution in [0.3, 0.4) is 0 Å². The molecule has 0 spiro atoms. The molecule has 8 nitrogen and oxygen atoms in total. The van der Waals surface area contributed by atoms with E-state index in [1.165, 1.54) is 6.07 Å². The number of hydrogen-bond donors (Lipinski definition) is 2. The highest BCUT2D eigenvalue weighted by molar-refractivity contribution is 7.90. The van der Waals surface area contributed by atoms with E-state index in [4.69, 9.17) is 4.74 Å². The van der Waals surface area contributed by atoms with Gasteiger partial charge in [0, 0.05) is 11.3 Å². The lowest BCUT2D eigenvalue weighted by Gasteiger charge is -2.13. The second-order valence-electron chi connectivity index (χ2n) is 6.75. The Morgan fingerprint density at radius 2 is 1.90 bits per heavy atom. The summed E-state index contributed by atoms with van der Waals surface area (Å²) in [6.07, 6.45) is 0.690. The molecule has 1 aliphatic heterocycles. The highest BCUT2D eigenvalue weighted by Crippen LogP contribution is 2.22. The van der Waals surface area contributed by atoms with E-state index in [2.05, 4.69) is 15.0 Å². The fourth-order valence-corrected chi connectivity index (χ4v) is 4.36. The maximum absolute atomic E-state index is 12.1. The molecule has 0 fully saturated rings. The van der Waals surface area contributed by atoms with Crippen LogP contribution in [0.4, 0.5) is 5.69 Å². The number of sulfonamides is 1. The van der Waals surface area contributed by atoms with Crippen molar-refractivity contribution in [1.29, 1.82) is 0 Å². The van der Waals surface area contributed by atoms with E-state index in [9.17, 15) is 18.0 Å². The van der Waals surface area contributed by atoms with Gasteiger partial charge in [0.15, 0.2) is 6.61 Å². The predicted octanol–water partition coefficient (Wildman–Crippen LogP) is 2.17. The standard InChI is InChI=1S/C21H23N3O5S/c1-3-15-8-6-7-14(2)20(15)23-18(25)13-29-19(26)11-12-22-21-16-9-4-5-10-17(16)30(27,28)24-21/h4-10H,3,11-13H2,1-2H3,(H,22,24)(H,23,25). The normalized spacial score (nSPS) is 15.3. The number of amides is 1. The van der Waals surface area contributed by atoms with Crippen LogP contribution in [-0.2, 0) is 30.8 Å². The Balaban J connectivity index is 1.51. The molecule has 0 saturated heterocycles. The van der Waals surface area contributed by atoms with E-state index in [0.29, 0.717) is 5.56 Å². The molecule has 1 heterocycles. The lowest BCUT2D eigenvalue weighted by atomic mass is 10.1. The summed E-state index contributed by atoms with van der Waals surface area (Å²) < 4.78 is 31.4. The summed E-state index contributed by atoms with van der Waals surface area (Å²) in [5, 5.41) is 2.79. The van der Waals surface area contributed by atoms with E-state index in [1.807, 2.05) is 32.0 Å². The zero-order valence-electron chi connectivity index (χ0n) is 16.8. The van der Waals surface area contributed by atoms with Crippen LogP contribution in [0.2, 0.25) is 0 Å². The van der Waals surface area contributed by atoms with Crippen LogP contribution >= 0.6 is 0 Å². The van der Waals surface area contributed by atoms with Gasteiger partial charge in [0.25, 0.3) is 15.9 Å². The maximum Gasteiger partial charge on any atom is 0.308 e. The van der Waals surface area contributed by atoms with Crippen molar-refractivity contribution in [2.45, 2.75) is 31.6 Å². The molecule has 1 aliphatic rings. The molecule has 3 rings (SSSR count). The lowest BCUT2D eigenvalue weighted by Crippen LogP contribution is -2.23. The number of aliphatic imine (C=N–C) groups is 1. The number of para-hydroxylation sites is 1. The Kier molecular flexibility index (Phi) is 6.51. The number of nitrogens with zero attached hydrogens (tertiary/aromatic N) is 1. The summed E-state index contributed by atoms with van der Waals surface area (Å²) in [7, 11) is -3.62. The van der Waals surface area contributed by atoms with E-state index in [1.54, 1.807) is 18.2 Å². The Labute approximate surface area is 175 Å². The monoisotopic (exact) mass is 429 g/mol. The number of anilines is 1. The molecule has 0 aliphatic carbocycles. The molecule has 9 heteroatoms. The van der Waals surface area contributed by atoms with Gasteiger partial charge in [-0.05, 0) is 36.6 Å². The van der Waals surface area contributed by atoms with E-state index in [0.717, 1.165) is 23.2 Å². The van der Waals surface area contributed by atoms with Crippen LogP contribution in [0.1, 0.15) is 30.0 Å². The van der Waals surface area contributed by atoms with Crippen molar-refractivity contribution in [3.05, 3.63) is 59.2 Å². The first-order valence-corrected chi connectivity index (χ1v) is 11.0. The highest BCUT2D eigenvalue weighted by atomic mass is 32.2. The number of fused-ring (bicyclic) bond motifs is 1. The smallest absolute Gasteiger partial charge is 0.308 e. The number of amidine groups is 1. The SMILES string of the molecule is CCc1cccc(C)c1NC(=O)COC(=O)CCN=C1NS(=O)(=O)c2ccccc21. The Morgan fingerprint density at radius 1 is 1.13 bits per heavy atom. The Hall–Kier alpha value is -3.20. The molecule has 30 heavy (non-hydrogen) atoms. The third-order valence-electron chi connectivity index (χ3n) is 4.62. The minimum Gasteiger partial charge on any atom is -0.456 e. The zero-order chi connectivity index (χ0) is 21.7. The summed E-state index contributed by atoms with van der Waals surface area (Å²) in [4.78, 5) is 28.4. The van der Waals surface area contributed by atoms with Crippen LogP contribution in [0.25, 0.3) is 0 Å². The van der Waals surface area contributed by atoms with Crippen LogP contribution in [-0.4, -0.2) is 39.3 Å². The van der Waals surface area contributed by atoms with Crippen LogP contribution < -0.4 is 10.0 Å². The molecular formula is C21H23N3O5S. The fraction of sp³-hybridized carbons (Fsp3) is 0.286. The predicted molar refractivity (Wildman–Crippen MR) is 113 cm³/mol. The van der Waals surface area contributed by atoms with Gasteiger partial charge in [-0.3, -0.25) is 19.3 Å². The number of rotatable bonds is 7. The van der Waals surface area contributed by atoms with Gasteiger partial charge in [0.1, 0.15) is 5.84 Å². The molecule has 1 amide bonds. The summed E-state index contributed by atoms with van der Waals surface area (Å²) in [5.74, 6) is -0.817. The van der Waals surface area contributed by atoms with Crippen molar-refractivity contribution in [2.75, 3.05) is 18.5 Å². The van der Waals surface area contributed by atoms with E-state index >= 15 is 0 Å². The number of ether oxygens (including phenoxy) is 1. The highest BCUT2D eigenvalue weighted by Gasteiger charge is 2.29. The molecule has 0 unspecified atom stereocenters. The Bertz CT molecular complexity index is 1110. The second kappa shape index (κ2) is 9.08. The topological polar surface area (TPSA) is 114 Å². The van der Waals surface area contributed by atoms with Gasteiger partial charge in [0.05, 0.1) is 17.9 Å². The van der Waals surface area contributed by atoms with Crippen molar-refractivity contribution >= 4 is 33.4 Å². The van der Waals surface area contributed by atoms with Crippen molar-refractivity contribution in [2.24, 2.45) is 4.99 Å². The molecule has 0 aromatic heterocycles.